The summed E-state index contributed by atoms with van der Waals surface area (Å²) in [5, 5.41) is 3.49. The molecule has 31 heavy (non-hydrogen) atoms. The van der Waals surface area contributed by atoms with Gasteiger partial charge in [0.15, 0.2) is 0 Å². The van der Waals surface area contributed by atoms with Gasteiger partial charge in [-0.2, -0.15) is 0 Å². The summed E-state index contributed by atoms with van der Waals surface area (Å²) in [5.74, 6) is 0.451. The van der Waals surface area contributed by atoms with Crippen LogP contribution in [0, 0.1) is 0 Å². The third-order valence-electron chi connectivity index (χ3n) is 5.29. The molecule has 0 spiro atoms. The van der Waals surface area contributed by atoms with E-state index < -0.39 is 0 Å². The van der Waals surface area contributed by atoms with Crippen molar-refractivity contribution in [1.29, 1.82) is 0 Å². The molecule has 9 nitrogen and oxygen atoms in total. The number of aryl methyl sites for hydroxylation is 1. The number of benzene rings is 1. The number of aliphatic imine (C=N–C) groups is 1. The highest BCUT2D eigenvalue weighted by Gasteiger charge is 2.31. The zero-order valence-corrected chi connectivity index (χ0v) is 18.3. The predicted molar refractivity (Wildman–Crippen MR) is 121 cm³/mol. The van der Waals surface area contributed by atoms with E-state index in [0.29, 0.717) is 40.9 Å². The second-order valence-electron chi connectivity index (χ2n) is 7.32. The molecule has 0 bridgehead atoms. The number of nitrogens with two attached hydrogens (primary N) is 2. The molecule has 1 saturated heterocycles. The number of likely N-dealkylation sites (tertiary alicyclic amines) is 1. The van der Waals surface area contributed by atoms with Crippen molar-refractivity contribution in [2.75, 3.05) is 18.8 Å². The Morgan fingerprint density at radius 1 is 1.42 bits per heavy atom. The van der Waals surface area contributed by atoms with Gasteiger partial charge in [-0.3, -0.25) is 14.6 Å². The summed E-state index contributed by atoms with van der Waals surface area (Å²) in [6.45, 7) is 6.56. The Balaban J connectivity index is 1.66. The molecule has 1 fully saturated rings. The summed E-state index contributed by atoms with van der Waals surface area (Å²) < 4.78 is 1.67. The number of anilines is 1. The molecule has 1 aromatic heterocycles. The van der Waals surface area contributed by atoms with Gasteiger partial charge in [0.25, 0.3) is 5.91 Å². The topological polar surface area (TPSA) is 132 Å². The number of imidazole rings is 1. The lowest BCUT2D eigenvalue weighted by atomic mass is 10.1. The predicted octanol–water partition coefficient (Wildman–Crippen LogP) is 1.25. The van der Waals surface area contributed by atoms with E-state index in [9.17, 15) is 9.59 Å². The van der Waals surface area contributed by atoms with Crippen LogP contribution in [0.15, 0.2) is 36.0 Å². The number of nitrogens with zero attached hydrogens (tertiary/aromatic N) is 4. The third-order valence-corrected chi connectivity index (χ3v) is 5.64. The van der Waals surface area contributed by atoms with Crippen LogP contribution in [0.5, 0.6) is 0 Å². The maximum Gasteiger partial charge on any atom is 0.269 e. The molecule has 2 aromatic rings. The van der Waals surface area contributed by atoms with Crippen molar-refractivity contribution in [3.8, 4) is 0 Å². The van der Waals surface area contributed by atoms with Crippen LogP contribution in [0.1, 0.15) is 34.4 Å². The van der Waals surface area contributed by atoms with E-state index in [-0.39, 0.29) is 30.2 Å². The first-order valence-corrected chi connectivity index (χ1v) is 10.2. The molecule has 2 heterocycles. The number of aromatic nitrogens is 2. The van der Waals surface area contributed by atoms with Gasteiger partial charge in [-0.1, -0.05) is 25.1 Å². The van der Waals surface area contributed by atoms with Crippen molar-refractivity contribution >= 4 is 34.9 Å². The van der Waals surface area contributed by atoms with Crippen molar-refractivity contribution in [2.45, 2.75) is 25.9 Å². The quantitative estimate of drug-likeness (QED) is 0.256. The Labute approximate surface area is 185 Å². The van der Waals surface area contributed by atoms with Crippen molar-refractivity contribution < 1.29 is 9.59 Å². The Morgan fingerprint density at radius 3 is 2.77 bits per heavy atom. The van der Waals surface area contributed by atoms with Gasteiger partial charge in [0.1, 0.15) is 17.4 Å². The second kappa shape index (κ2) is 9.22. The second-order valence-corrected chi connectivity index (χ2v) is 7.73. The van der Waals surface area contributed by atoms with Crippen LogP contribution in [0.2, 0.25) is 5.02 Å². The average Bonchev–Trinajstić information content (AvgIpc) is 3.08. The van der Waals surface area contributed by atoms with Crippen LogP contribution in [-0.2, 0) is 24.8 Å². The lowest BCUT2D eigenvalue weighted by Crippen LogP contribution is -2.60. The zero-order chi connectivity index (χ0) is 22.7. The van der Waals surface area contributed by atoms with Gasteiger partial charge in [0.05, 0.1) is 18.8 Å². The highest BCUT2D eigenvalue weighted by atomic mass is 35.5. The fraction of sp³-hybridized carbons (Fsp3) is 0.333. The van der Waals surface area contributed by atoms with Crippen LogP contribution < -0.4 is 16.8 Å². The van der Waals surface area contributed by atoms with Gasteiger partial charge in [0.2, 0.25) is 5.91 Å². The number of nitrogens with one attached hydrogen (secondary N) is 1. The Kier molecular flexibility index (Phi) is 6.65. The molecule has 1 aliphatic rings. The first-order chi connectivity index (χ1) is 14.7. The number of hydrogen-bond donors (Lipinski definition) is 3. The monoisotopic (exact) mass is 443 g/mol. The van der Waals surface area contributed by atoms with Crippen LogP contribution in [0.25, 0.3) is 0 Å². The highest BCUT2D eigenvalue weighted by Crippen LogP contribution is 2.24. The largest absolute Gasteiger partial charge is 0.398 e. The highest BCUT2D eigenvalue weighted by molar-refractivity contribution is 6.32. The molecule has 2 amide bonds. The number of halogens is 1. The minimum atomic E-state index is -0.261. The van der Waals surface area contributed by atoms with E-state index in [0.717, 1.165) is 12.0 Å². The van der Waals surface area contributed by atoms with Crippen molar-refractivity contribution in [3.05, 3.63) is 58.7 Å². The summed E-state index contributed by atoms with van der Waals surface area (Å²) >= 11 is 6.18. The number of hydrogen-bond acceptors (Lipinski definition) is 5. The van der Waals surface area contributed by atoms with E-state index >= 15 is 0 Å². The summed E-state index contributed by atoms with van der Waals surface area (Å²) in [7, 11) is 1.74. The molecular formula is C21H26ClN7O2. The molecular weight excluding hydrogens is 418 g/mol. The number of carbonyl (C=O) groups is 2. The fourth-order valence-corrected chi connectivity index (χ4v) is 3.62. The van der Waals surface area contributed by atoms with Crippen molar-refractivity contribution in [3.63, 3.8) is 0 Å². The van der Waals surface area contributed by atoms with Gasteiger partial charge in [-0.25, -0.2) is 4.98 Å². The van der Waals surface area contributed by atoms with Gasteiger partial charge < -0.3 is 26.3 Å². The Bertz CT molecular complexity index is 1050. The van der Waals surface area contributed by atoms with E-state index in [1.54, 1.807) is 22.6 Å². The molecule has 3 rings (SSSR count). The van der Waals surface area contributed by atoms with Crippen molar-refractivity contribution in [1.82, 2.24) is 19.8 Å². The summed E-state index contributed by atoms with van der Waals surface area (Å²) in [4.78, 5) is 34.3. The molecule has 164 valence electrons. The van der Waals surface area contributed by atoms with E-state index in [4.69, 9.17) is 23.1 Å². The van der Waals surface area contributed by atoms with E-state index in [1.165, 1.54) is 12.3 Å². The number of amidine groups is 1. The number of amides is 2. The molecule has 1 aliphatic heterocycles. The van der Waals surface area contributed by atoms with E-state index in [1.807, 2.05) is 13.0 Å². The normalized spacial score (nSPS) is 14.3. The number of nitrogen functional groups attached to an aromatic ring is 1. The standard InChI is InChI=1S/C21H26ClN7O2/c1-4-12-6-14(16(23)7-15(12)22)20(24)26-9-18-25-8-17(28(18)3)21(31)27-13-10-29(11-13)19(30)5-2/h5-8,13H,2,4,9-11,23H2,1,3H3,(H2,24,26)(H,27,31). The SMILES string of the molecule is C=CC(=O)N1CC(NC(=O)c2cnc(CN=C(N)c3cc(CC)c(Cl)cc3N)n2C)C1. The van der Waals surface area contributed by atoms with Gasteiger partial charge >= 0.3 is 0 Å². The first-order valence-electron chi connectivity index (χ1n) is 9.86. The minimum Gasteiger partial charge on any atom is -0.398 e. The van der Waals surface area contributed by atoms with Crippen LogP contribution in [0.4, 0.5) is 5.69 Å². The van der Waals surface area contributed by atoms with Gasteiger partial charge in [-0.05, 0) is 30.2 Å². The zero-order valence-electron chi connectivity index (χ0n) is 17.6. The average molecular weight is 444 g/mol. The molecule has 0 saturated carbocycles. The number of rotatable bonds is 7. The summed E-state index contributed by atoms with van der Waals surface area (Å²) in [6.07, 6.45) is 3.50. The third kappa shape index (κ3) is 4.72. The lowest BCUT2D eigenvalue weighted by Gasteiger charge is -2.38. The molecule has 0 atom stereocenters. The smallest absolute Gasteiger partial charge is 0.269 e. The minimum absolute atomic E-state index is 0.0935. The fourth-order valence-electron chi connectivity index (χ4n) is 3.31. The van der Waals surface area contributed by atoms with Crippen LogP contribution >= 0.6 is 11.6 Å². The first kappa shape index (κ1) is 22.4. The maximum absolute atomic E-state index is 12.5. The van der Waals surface area contributed by atoms with E-state index in [2.05, 4.69) is 21.9 Å². The lowest BCUT2D eigenvalue weighted by molar-refractivity contribution is -0.130. The molecule has 0 radical (unpaired) electrons. The number of carbonyl (C=O) groups excluding carboxylic acids is 2. The van der Waals surface area contributed by atoms with Gasteiger partial charge in [0, 0.05) is 36.4 Å². The molecule has 0 aliphatic carbocycles. The Hall–Kier alpha value is -3.33. The molecule has 5 N–H and O–H groups in total. The summed E-state index contributed by atoms with van der Waals surface area (Å²) in [5.41, 5.74) is 14.6. The molecule has 0 unspecified atom stereocenters. The molecule has 10 heteroatoms. The summed E-state index contributed by atoms with van der Waals surface area (Å²) in [6, 6.07) is 3.42. The van der Waals surface area contributed by atoms with Crippen LogP contribution in [0.3, 0.4) is 0 Å². The Morgan fingerprint density at radius 2 is 2.13 bits per heavy atom. The van der Waals surface area contributed by atoms with Crippen molar-refractivity contribution in [2.24, 2.45) is 17.8 Å². The molecule has 1 aromatic carbocycles. The maximum atomic E-state index is 12.5. The van der Waals surface area contributed by atoms with Gasteiger partial charge in [-0.15, -0.1) is 0 Å². The van der Waals surface area contributed by atoms with Crippen LogP contribution in [-0.4, -0.2) is 51.2 Å².